The van der Waals surface area contributed by atoms with E-state index in [1.165, 1.54) is 19.3 Å². The number of hydrogen-bond acceptors (Lipinski definition) is 1. The molecule has 0 radical (unpaired) electrons. The van der Waals surface area contributed by atoms with Gasteiger partial charge in [0.15, 0.2) is 0 Å². The Balaban J connectivity index is 1.63. The van der Waals surface area contributed by atoms with Crippen LogP contribution in [0.4, 0.5) is 4.79 Å². The Morgan fingerprint density at radius 3 is 2.62 bits per heavy atom. The molecule has 0 aromatic rings. The maximum Gasteiger partial charge on any atom is 0.315 e. The molecule has 0 saturated heterocycles. The fraction of sp³-hybridized carbons (Fsp3) is 0.900. The summed E-state index contributed by atoms with van der Waals surface area (Å²) in [7, 11) is 0. The minimum atomic E-state index is 0.0214. The molecule has 0 aromatic heterocycles. The van der Waals surface area contributed by atoms with Crippen molar-refractivity contribution in [1.29, 1.82) is 0 Å². The molecule has 2 rings (SSSR count). The monoisotopic (exact) mass is 182 g/mol. The first-order chi connectivity index (χ1) is 6.29. The average molecular weight is 182 g/mol. The van der Waals surface area contributed by atoms with E-state index in [9.17, 15) is 4.79 Å². The lowest BCUT2D eigenvalue weighted by atomic mass is 10.2. The second-order valence-corrected chi connectivity index (χ2v) is 4.32. The van der Waals surface area contributed by atoms with Crippen LogP contribution < -0.4 is 10.6 Å². The predicted molar refractivity (Wildman–Crippen MR) is 51.4 cm³/mol. The largest absolute Gasteiger partial charge is 0.338 e. The van der Waals surface area contributed by atoms with Crippen LogP contribution in [0.3, 0.4) is 0 Å². The second-order valence-electron chi connectivity index (χ2n) is 4.32. The minimum absolute atomic E-state index is 0.0214. The standard InChI is InChI=1S/C10H18N2O/c1-2-3-11-10(13)12-9-5-7-4-8(7)6-9/h7-9H,2-6H2,1H3,(H2,11,12,13). The van der Waals surface area contributed by atoms with Crippen molar-refractivity contribution >= 4 is 6.03 Å². The topological polar surface area (TPSA) is 41.1 Å². The molecule has 0 spiro atoms. The van der Waals surface area contributed by atoms with Gasteiger partial charge in [-0.2, -0.15) is 0 Å². The van der Waals surface area contributed by atoms with Gasteiger partial charge in [0.25, 0.3) is 0 Å². The summed E-state index contributed by atoms with van der Waals surface area (Å²) in [6, 6.07) is 0.480. The van der Waals surface area contributed by atoms with Crippen molar-refractivity contribution in [3.05, 3.63) is 0 Å². The molecule has 2 saturated carbocycles. The summed E-state index contributed by atoms with van der Waals surface area (Å²) >= 11 is 0. The van der Waals surface area contributed by atoms with Crippen molar-refractivity contribution in [2.75, 3.05) is 6.54 Å². The zero-order chi connectivity index (χ0) is 9.26. The minimum Gasteiger partial charge on any atom is -0.338 e. The number of amides is 2. The number of fused-ring (bicyclic) bond motifs is 1. The van der Waals surface area contributed by atoms with E-state index in [4.69, 9.17) is 0 Å². The smallest absolute Gasteiger partial charge is 0.315 e. The molecule has 3 nitrogen and oxygen atoms in total. The molecule has 0 heterocycles. The van der Waals surface area contributed by atoms with Gasteiger partial charge >= 0.3 is 6.03 Å². The first-order valence-electron chi connectivity index (χ1n) is 5.34. The number of hydrogen-bond donors (Lipinski definition) is 2. The van der Waals surface area contributed by atoms with Crippen molar-refractivity contribution in [3.63, 3.8) is 0 Å². The first-order valence-corrected chi connectivity index (χ1v) is 5.34. The van der Waals surface area contributed by atoms with E-state index >= 15 is 0 Å². The molecule has 0 aliphatic heterocycles. The van der Waals surface area contributed by atoms with Crippen molar-refractivity contribution in [2.45, 2.75) is 38.6 Å². The molecule has 2 amide bonds. The molecule has 74 valence electrons. The highest BCUT2D eigenvalue weighted by atomic mass is 16.2. The number of nitrogens with one attached hydrogen (secondary N) is 2. The summed E-state index contributed by atoms with van der Waals surface area (Å²) in [5.41, 5.74) is 0. The maximum absolute atomic E-state index is 11.3. The summed E-state index contributed by atoms with van der Waals surface area (Å²) in [4.78, 5) is 11.3. The Labute approximate surface area is 79.3 Å². The number of carbonyl (C=O) groups is 1. The van der Waals surface area contributed by atoms with E-state index in [-0.39, 0.29) is 6.03 Å². The highest BCUT2D eigenvalue weighted by Crippen LogP contribution is 2.51. The molecule has 0 bridgehead atoms. The average Bonchev–Trinajstić information content (AvgIpc) is 2.71. The second kappa shape index (κ2) is 3.56. The molecular weight excluding hydrogens is 164 g/mol. The van der Waals surface area contributed by atoms with Crippen LogP contribution in [0.5, 0.6) is 0 Å². The van der Waals surface area contributed by atoms with Crippen LogP contribution in [0.2, 0.25) is 0 Å². The summed E-state index contributed by atoms with van der Waals surface area (Å²) < 4.78 is 0. The van der Waals surface area contributed by atoms with Gasteiger partial charge in [-0.1, -0.05) is 6.92 Å². The van der Waals surface area contributed by atoms with Gasteiger partial charge in [0.1, 0.15) is 0 Å². The SMILES string of the molecule is CCCNC(=O)NC1CC2CC2C1. The van der Waals surface area contributed by atoms with Gasteiger partial charge in [-0.05, 0) is 37.5 Å². The zero-order valence-corrected chi connectivity index (χ0v) is 8.18. The summed E-state index contributed by atoms with van der Waals surface area (Å²) in [5, 5.41) is 5.86. The highest BCUT2D eigenvalue weighted by Gasteiger charge is 2.46. The Bertz CT molecular complexity index is 195. The number of carbonyl (C=O) groups excluding carboxylic acids is 1. The Kier molecular flexibility index (Phi) is 2.42. The van der Waals surface area contributed by atoms with Crippen LogP contribution in [0.15, 0.2) is 0 Å². The maximum atomic E-state index is 11.3. The van der Waals surface area contributed by atoms with Gasteiger partial charge in [0.05, 0.1) is 0 Å². The zero-order valence-electron chi connectivity index (χ0n) is 8.18. The van der Waals surface area contributed by atoms with E-state index in [0.717, 1.165) is 24.8 Å². The van der Waals surface area contributed by atoms with E-state index in [0.29, 0.717) is 6.04 Å². The molecule has 2 atom stereocenters. The molecule has 2 aliphatic rings. The predicted octanol–water partition coefficient (Wildman–Crippen LogP) is 1.49. The van der Waals surface area contributed by atoms with Crippen LogP contribution >= 0.6 is 0 Å². The van der Waals surface area contributed by atoms with E-state index in [1.807, 2.05) is 0 Å². The van der Waals surface area contributed by atoms with Gasteiger partial charge in [-0.15, -0.1) is 0 Å². The third kappa shape index (κ3) is 2.14. The summed E-state index contributed by atoms with van der Waals surface area (Å²) in [5.74, 6) is 1.88. The molecule has 13 heavy (non-hydrogen) atoms. The molecule has 2 unspecified atom stereocenters. The Hall–Kier alpha value is -0.730. The van der Waals surface area contributed by atoms with Crippen LogP contribution in [0.25, 0.3) is 0 Å². The Morgan fingerprint density at radius 1 is 1.31 bits per heavy atom. The van der Waals surface area contributed by atoms with Crippen LogP contribution in [0, 0.1) is 11.8 Å². The third-order valence-corrected chi connectivity index (χ3v) is 3.11. The van der Waals surface area contributed by atoms with Crippen molar-refractivity contribution < 1.29 is 4.79 Å². The highest BCUT2D eigenvalue weighted by molar-refractivity contribution is 5.74. The number of urea groups is 1. The summed E-state index contributed by atoms with van der Waals surface area (Å²) in [6.45, 7) is 2.84. The quantitative estimate of drug-likeness (QED) is 0.682. The lowest BCUT2D eigenvalue weighted by Crippen LogP contribution is -2.41. The molecule has 2 aliphatic carbocycles. The fourth-order valence-corrected chi connectivity index (χ4v) is 2.31. The molecular formula is C10H18N2O. The summed E-state index contributed by atoms with van der Waals surface area (Å²) in [6.07, 6.45) is 4.84. The van der Waals surface area contributed by atoms with Crippen molar-refractivity contribution in [1.82, 2.24) is 10.6 Å². The normalized spacial score (nSPS) is 35.3. The van der Waals surface area contributed by atoms with E-state index < -0.39 is 0 Å². The van der Waals surface area contributed by atoms with Gasteiger partial charge in [-0.25, -0.2) is 4.79 Å². The fourth-order valence-electron chi connectivity index (χ4n) is 2.31. The van der Waals surface area contributed by atoms with Crippen LogP contribution in [-0.4, -0.2) is 18.6 Å². The van der Waals surface area contributed by atoms with Gasteiger partial charge in [0.2, 0.25) is 0 Å². The lowest BCUT2D eigenvalue weighted by molar-refractivity contribution is 0.236. The van der Waals surface area contributed by atoms with Gasteiger partial charge in [0, 0.05) is 12.6 Å². The Morgan fingerprint density at radius 2 is 2.00 bits per heavy atom. The molecule has 2 N–H and O–H groups in total. The van der Waals surface area contributed by atoms with Crippen molar-refractivity contribution in [3.8, 4) is 0 Å². The van der Waals surface area contributed by atoms with Gasteiger partial charge in [-0.3, -0.25) is 0 Å². The first kappa shape index (κ1) is 8.85. The van der Waals surface area contributed by atoms with Crippen LogP contribution in [-0.2, 0) is 0 Å². The van der Waals surface area contributed by atoms with Gasteiger partial charge < -0.3 is 10.6 Å². The van der Waals surface area contributed by atoms with E-state index in [2.05, 4.69) is 17.6 Å². The molecule has 2 fully saturated rings. The molecule has 0 aromatic carbocycles. The third-order valence-electron chi connectivity index (χ3n) is 3.11. The van der Waals surface area contributed by atoms with Crippen LogP contribution in [0.1, 0.15) is 32.6 Å². The van der Waals surface area contributed by atoms with Crippen molar-refractivity contribution in [2.24, 2.45) is 11.8 Å². The molecule has 3 heteroatoms. The van der Waals surface area contributed by atoms with E-state index in [1.54, 1.807) is 0 Å². The number of rotatable bonds is 3. The lowest BCUT2D eigenvalue weighted by Gasteiger charge is -2.14.